The van der Waals surface area contributed by atoms with Crippen LogP contribution in [0.3, 0.4) is 0 Å². The number of hydrogen-bond acceptors (Lipinski definition) is 3. The van der Waals surface area contributed by atoms with Gasteiger partial charge >= 0.3 is 0 Å². The molecule has 0 spiro atoms. The lowest BCUT2D eigenvalue weighted by atomic mass is 9.89. The van der Waals surface area contributed by atoms with Gasteiger partial charge in [0.25, 0.3) is 0 Å². The predicted octanol–water partition coefficient (Wildman–Crippen LogP) is 1.91. The van der Waals surface area contributed by atoms with Crippen molar-refractivity contribution < 1.29 is 4.74 Å². The van der Waals surface area contributed by atoms with Gasteiger partial charge in [0.05, 0.1) is 0 Å². The Morgan fingerprint density at radius 3 is 2.13 bits per heavy atom. The topological polar surface area (TPSA) is 47.3 Å². The van der Waals surface area contributed by atoms with Gasteiger partial charge in [0.1, 0.15) is 0 Å². The number of hydrogen-bond donors (Lipinski definition) is 2. The minimum atomic E-state index is 0.203. The molecule has 0 amide bonds. The molecule has 0 aromatic carbocycles. The van der Waals surface area contributed by atoms with Crippen molar-refractivity contribution in [2.75, 3.05) is 20.3 Å². The molecule has 0 aliphatic rings. The van der Waals surface area contributed by atoms with Crippen LogP contribution in [0.2, 0.25) is 0 Å². The van der Waals surface area contributed by atoms with Crippen LogP contribution < -0.4 is 11.1 Å². The van der Waals surface area contributed by atoms with E-state index in [-0.39, 0.29) is 11.6 Å². The summed E-state index contributed by atoms with van der Waals surface area (Å²) in [6, 6.07) is 0.203. The van der Waals surface area contributed by atoms with E-state index >= 15 is 0 Å². The summed E-state index contributed by atoms with van der Waals surface area (Å²) < 4.78 is 5.02. The molecule has 1 atom stereocenters. The van der Waals surface area contributed by atoms with E-state index in [0.717, 1.165) is 38.8 Å². The van der Waals surface area contributed by atoms with Crippen molar-refractivity contribution in [3.63, 3.8) is 0 Å². The Morgan fingerprint density at radius 1 is 1.20 bits per heavy atom. The Bertz CT molecular complexity index is 138. The highest BCUT2D eigenvalue weighted by molar-refractivity contribution is 4.85. The zero-order valence-electron chi connectivity index (χ0n) is 10.8. The molecule has 1 unspecified atom stereocenters. The number of ether oxygens (including phenoxy) is 1. The molecular formula is C12H28N2O. The first-order valence-corrected chi connectivity index (χ1v) is 6.13. The van der Waals surface area contributed by atoms with Gasteiger partial charge in [-0.1, -0.05) is 20.8 Å². The molecule has 0 heterocycles. The fourth-order valence-corrected chi connectivity index (χ4v) is 1.84. The van der Waals surface area contributed by atoms with E-state index in [1.807, 2.05) is 0 Å². The number of methoxy groups -OCH3 is 1. The van der Waals surface area contributed by atoms with E-state index in [1.165, 1.54) is 0 Å². The molecular weight excluding hydrogens is 188 g/mol. The summed E-state index contributed by atoms with van der Waals surface area (Å²) in [5.74, 6) is 0. The molecule has 0 saturated heterocycles. The molecule has 0 aliphatic carbocycles. The Morgan fingerprint density at radius 2 is 1.73 bits per heavy atom. The normalized spacial score (nSPS) is 14.2. The summed E-state index contributed by atoms with van der Waals surface area (Å²) in [4.78, 5) is 0. The van der Waals surface area contributed by atoms with Gasteiger partial charge in [0.15, 0.2) is 0 Å². The number of rotatable bonds is 9. The van der Waals surface area contributed by atoms with Gasteiger partial charge in [-0.2, -0.15) is 0 Å². The molecule has 0 aromatic rings. The third-order valence-corrected chi connectivity index (χ3v) is 3.46. The van der Waals surface area contributed by atoms with Crippen LogP contribution in [-0.2, 0) is 4.74 Å². The monoisotopic (exact) mass is 216 g/mol. The second-order valence-electron chi connectivity index (χ2n) is 4.26. The quantitative estimate of drug-likeness (QED) is 0.619. The van der Waals surface area contributed by atoms with Crippen molar-refractivity contribution in [3.05, 3.63) is 0 Å². The fourth-order valence-electron chi connectivity index (χ4n) is 1.84. The van der Waals surface area contributed by atoms with Crippen molar-refractivity contribution in [3.8, 4) is 0 Å². The molecule has 15 heavy (non-hydrogen) atoms. The second kappa shape index (κ2) is 8.08. The maximum absolute atomic E-state index is 5.99. The molecule has 3 N–H and O–H groups in total. The third-order valence-electron chi connectivity index (χ3n) is 3.46. The van der Waals surface area contributed by atoms with Crippen molar-refractivity contribution in [2.24, 2.45) is 5.73 Å². The first-order chi connectivity index (χ1) is 7.14. The molecule has 0 radical (unpaired) electrons. The highest BCUT2D eigenvalue weighted by atomic mass is 16.5. The zero-order chi connectivity index (χ0) is 11.7. The standard InChI is InChI=1S/C12H28N2O/c1-5-12(6-2,7-3)14-10-11(13)8-9-15-4/h11,14H,5-10,13H2,1-4H3. The first kappa shape index (κ1) is 14.9. The Hall–Kier alpha value is -0.120. The molecule has 0 fully saturated rings. The van der Waals surface area contributed by atoms with Gasteiger partial charge < -0.3 is 15.8 Å². The van der Waals surface area contributed by atoms with E-state index in [1.54, 1.807) is 7.11 Å². The smallest absolute Gasteiger partial charge is 0.0477 e. The van der Waals surface area contributed by atoms with Crippen molar-refractivity contribution in [1.82, 2.24) is 5.32 Å². The first-order valence-electron chi connectivity index (χ1n) is 6.13. The van der Waals surface area contributed by atoms with Crippen LogP contribution >= 0.6 is 0 Å². The van der Waals surface area contributed by atoms with Crippen LogP contribution in [0.5, 0.6) is 0 Å². The maximum atomic E-state index is 5.99. The molecule has 0 saturated carbocycles. The van der Waals surface area contributed by atoms with Crippen LogP contribution in [0.1, 0.15) is 46.5 Å². The minimum Gasteiger partial charge on any atom is -0.385 e. The molecule has 92 valence electrons. The molecule has 0 aromatic heterocycles. The summed E-state index contributed by atoms with van der Waals surface area (Å²) in [5.41, 5.74) is 6.27. The summed E-state index contributed by atoms with van der Waals surface area (Å²) in [5, 5.41) is 3.61. The maximum Gasteiger partial charge on any atom is 0.0477 e. The van der Waals surface area contributed by atoms with Crippen LogP contribution in [0.4, 0.5) is 0 Å². The molecule has 0 aliphatic heterocycles. The summed E-state index contributed by atoms with van der Waals surface area (Å²) in [6.07, 6.45) is 4.42. The Labute approximate surface area is 94.8 Å². The van der Waals surface area contributed by atoms with E-state index in [9.17, 15) is 0 Å². The highest BCUT2D eigenvalue weighted by Gasteiger charge is 2.23. The molecule has 0 bridgehead atoms. The number of nitrogens with two attached hydrogens (primary N) is 1. The lowest BCUT2D eigenvalue weighted by Crippen LogP contribution is -2.48. The van der Waals surface area contributed by atoms with Crippen molar-refractivity contribution in [1.29, 1.82) is 0 Å². The zero-order valence-corrected chi connectivity index (χ0v) is 10.8. The molecule has 0 rings (SSSR count). The van der Waals surface area contributed by atoms with Crippen molar-refractivity contribution >= 4 is 0 Å². The summed E-state index contributed by atoms with van der Waals surface area (Å²) in [7, 11) is 1.72. The van der Waals surface area contributed by atoms with E-state index in [2.05, 4.69) is 26.1 Å². The Balaban J connectivity index is 3.88. The van der Waals surface area contributed by atoms with Gasteiger partial charge in [-0.25, -0.2) is 0 Å². The van der Waals surface area contributed by atoms with Crippen LogP contribution in [0.15, 0.2) is 0 Å². The van der Waals surface area contributed by atoms with Crippen LogP contribution in [0.25, 0.3) is 0 Å². The second-order valence-corrected chi connectivity index (χ2v) is 4.26. The SMILES string of the molecule is CCC(CC)(CC)NCC(N)CCOC. The van der Waals surface area contributed by atoms with Crippen LogP contribution in [0, 0.1) is 0 Å². The minimum absolute atomic E-state index is 0.203. The molecule has 3 heteroatoms. The van der Waals surface area contributed by atoms with Crippen LogP contribution in [-0.4, -0.2) is 31.8 Å². The third kappa shape index (κ3) is 5.50. The predicted molar refractivity (Wildman–Crippen MR) is 66.1 cm³/mol. The van der Waals surface area contributed by atoms with E-state index in [4.69, 9.17) is 10.5 Å². The van der Waals surface area contributed by atoms with E-state index < -0.39 is 0 Å². The molecule has 3 nitrogen and oxygen atoms in total. The largest absolute Gasteiger partial charge is 0.385 e. The lowest BCUT2D eigenvalue weighted by Gasteiger charge is -2.33. The Kier molecular flexibility index (Phi) is 8.02. The summed E-state index contributed by atoms with van der Waals surface area (Å²) in [6.45, 7) is 8.35. The lowest BCUT2D eigenvalue weighted by molar-refractivity contribution is 0.183. The van der Waals surface area contributed by atoms with Crippen molar-refractivity contribution in [2.45, 2.75) is 58.0 Å². The average Bonchev–Trinajstić information content (AvgIpc) is 2.29. The van der Waals surface area contributed by atoms with Gasteiger partial charge in [-0.15, -0.1) is 0 Å². The number of nitrogens with one attached hydrogen (secondary N) is 1. The summed E-state index contributed by atoms with van der Waals surface area (Å²) >= 11 is 0. The van der Waals surface area contributed by atoms with Gasteiger partial charge in [0, 0.05) is 31.8 Å². The van der Waals surface area contributed by atoms with E-state index in [0.29, 0.717) is 0 Å². The average molecular weight is 216 g/mol. The van der Waals surface area contributed by atoms with Gasteiger partial charge in [-0.05, 0) is 25.7 Å². The van der Waals surface area contributed by atoms with Gasteiger partial charge in [0.2, 0.25) is 0 Å². The fraction of sp³-hybridized carbons (Fsp3) is 1.00. The highest BCUT2D eigenvalue weighted by Crippen LogP contribution is 2.18. The van der Waals surface area contributed by atoms with Gasteiger partial charge in [-0.3, -0.25) is 0 Å².